The van der Waals surface area contributed by atoms with Gasteiger partial charge in [0.15, 0.2) is 6.10 Å². The van der Waals surface area contributed by atoms with Gasteiger partial charge < -0.3 is 23.4 Å². The predicted molar refractivity (Wildman–Crippen MR) is 221 cm³/mol. The third kappa shape index (κ3) is 29.7. The summed E-state index contributed by atoms with van der Waals surface area (Å²) in [4.78, 5) is 36.6. The summed E-state index contributed by atoms with van der Waals surface area (Å²) in [6.07, 6.45) is 25.7. The summed E-state index contributed by atoms with van der Waals surface area (Å²) in [5, 5.41) is -1.28. The van der Waals surface area contributed by atoms with E-state index in [-0.39, 0.29) is 31.2 Å². The summed E-state index contributed by atoms with van der Waals surface area (Å²) in [5.74, 6) is -1.03. The fourth-order valence-electron chi connectivity index (χ4n) is 5.99. The van der Waals surface area contributed by atoms with Gasteiger partial charge in [0.25, 0.3) is 0 Å². The van der Waals surface area contributed by atoms with E-state index in [1.54, 1.807) is 0 Å². The molecular formula is C40H81NO7PS2+. The summed E-state index contributed by atoms with van der Waals surface area (Å²) < 4.78 is 30.0. The topological polar surface area (TPSA) is 99.1 Å². The van der Waals surface area contributed by atoms with Gasteiger partial charge in [0.1, 0.15) is 17.1 Å². The average Bonchev–Trinajstić information content (AvgIpc) is 3.08. The van der Waals surface area contributed by atoms with Crippen LogP contribution in [0.3, 0.4) is 0 Å². The van der Waals surface area contributed by atoms with E-state index in [0.717, 1.165) is 38.5 Å². The van der Waals surface area contributed by atoms with Crippen molar-refractivity contribution in [2.24, 2.45) is 11.8 Å². The summed E-state index contributed by atoms with van der Waals surface area (Å²) in [7, 11) is 1.83. The van der Waals surface area contributed by atoms with Gasteiger partial charge in [-0.25, -0.2) is 0 Å². The van der Waals surface area contributed by atoms with Gasteiger partial charge in [0, 0.05) is 0 Å². The number of hydrogen-bond donors (Lipinski definition) is 3. The molecule has 0 aliphatic heterocycles. The number of rotatable bonds is 35. The fourth-order valence-corrected chi connectivity index (χ4v) is 7.80. The zero-order chi connectivity index (χ0) is 38.5. The minimum Gasteiger partial charge on any atom is -0.461 e. The van der Waals surface area contributed by atoms with Crippen LogP contribution in [0.25, 0.3) is 0 Å². The van der Waals surface area contributed by atoms with E-state index in [1.165, 1.54) is 103 Å². The minimum atomic E-state index is -3.96. The molecule has 0 rings (SSSR count). The Bertz CT molecular complexity index is 920. The molecule has 0 saturated carbocycles. The molecule has 6 atom stereocenters. The van der Waals surface area contributed by atoms with Crippen LogP contribution < -0.4 is 0 Å². The van der Waals surface area contributed by atoms with Crippen LogP contribution in [0.5, 0.6) is 0 Å². The third-order valence-electron chi connectivity index (χ3n) is 9.80. The van der Waals surface area contributed by atoms with Crippen molar-refractivity contribution < 1.29 is 37.5 Å². The van der Waals surface area contributed by atoms with Crippen LogP contribution in [0.4, 0.5) is 0 Å². The summed E-state index contributed by atoms with van der Waals surface area (Å²) >= 11 is 9.15. The Balaban J connectivity index is 4.88. The Morgan fingerprint density at radius 1 is 0.627 bits per heavy atom. The van der Waals surface area contributed by atoms with Gasteiger partial charge in [-0.2, -0.15) is 25.3 Å². The Hall–Kier alpha value is -0.250. The van der Waals surface area contributed by atoms with Crippen molar-refractivity contribution in [3.8, 4) is 0 Å². The number of nitrogens with zero attached hydrogens (tertiary/aromatic N) is 1. The molecule has 0 heterocycles. The monoisotopic (exact) mass is 783 g/mol. The Morgan fingerprint density at radius 3 is 1.39 bits per heavy atom. The first-order chi connectivity index (χ1) is 24.1. The lowest BCUT2D eigenvalue weighted by Crippen LogP contribution is -2.38. The predicted octanol–water partition coefficient (Wildman–Crippen LogP) is 10.8. The lowest BCUT2D eigenvalue weighted by atomic mass is 9.98. The zero-order valence-corrected chi connectivity index (χ0v) is 36.6. The second kappa shape index (κ2) is 31.0. The van der Waals surface area contributed by atoms with E-state index in [4.69, 9.17) is 14.0 Å². The molecule has 304 valence electrons. The number of unbranched alkanes of at least 4 members (excludes halogenated alkanes) is 18. The quantitative estimate of drug-likeness (QED) is 0.0194. The SMILES string of the molecule is CCCCCCCCCCCCC(C)C(S)C(=O)OCC(COP(=O)(O)CC[N+](C)(C)C)OC(=O)C(S)C(C)CCCCCCCCCCCC. The van der Waals surface area contributed by atoms with Crippen LogP contribution in [0, 0.1) is 11.8 Å². The molecule has 0 saturated heterocycles. The second-order valence-electron chi connectivity index (χ2n) is 16.1. The van der Waals surface area contributed by atoms with Crippen LogP contribution in [0.2, 0.25) is 0 Å². The minimum absolute atomic E-state index is 0.0130. The highest BCUT2D eigenvalue weighted by Gasteiger charge is 2.31. The maximum atomic E-state index is 13.2. The standard InChI is InChI=1S/C40H80NO7PS2/c1-8-10-12-14-16-18-20-22-24-26-28-34(3)37(50)39(42)46-32-36(33-47-49(44,45)31-30-41(5,6)7)48-40(43)38(51)35(4)29-27-25-23-21-19-17-15-13-11-9-2/h34-38H,8-33H2,1-7H3,(H2-,44,45,50,51)/p+1. The molecule has 6 unspecified atom stereocenters. The van der Waals surface area contributed by atoms with E-state index >= 15 is 0 Å². The maximum Gasteiger partial charge on any atom is 0.333 e. The Labute approximate surface area is 325 Å². The van der Waals surface area contributed by atoms with E-state index in [1.807, 2.05) is 35.0 Å². The molecule has 0 bridgehead atoms. The molecule has 0 aromatic heterocycles. The molecule has 8 nitrogen and oxygen atoms in total. The highest BCUT2D eigenvalue weighted by atomic mass is 32.1. The average molecular weight is 783 g/mol. The first kappa shape index (κ1) is 50.8. The molecule has 0 spiro atoms. The summed E-state index contributed by atoms with van der Waals surface area (Å²) in [6.45, 7) is 8.27. The van der Waals surface area contributed by atoms with Crippen LogP contribution in [-0.4, -0.2) is 85.0 Å². The molecule has 0 fully saturated rings. The lowest BCUT2D eigenvalue weighted by Gasteiger charge is -2.26. The molecule has 51 heavy (non-hydrogen) atoms. The highest BCUT2D eigenvalue weighted by Crippen LogP contribution is 2.42. The fraction of sp³-hybridized carbons (Fsp3) is 0.950. The van der Waals surface area contributed by atoms with Crippen LogP contribution in [0.15, 0.2) is 0 Å². The number of carbonyl (C=O) groups is 2. The van der Waals surface area contributed by atoms with Gasteiger partial charge in [-0.1, -0.05) is 156 Å². The van der Waals surface area contributed by atoms with Crippen molar-refractivity contribution in [1.82, 2.24) is 0 Å². The molecule has 0 radical (unpaired) electrons. The van der Waals surface area contributed by atoms with Crippen LogP contribution >= 0.6 is 32.9 Å². The van der Waals surface area contributed by atoms with Gasteiger partial charge in [0.05, 0.1) is 40.5 Å². The van der Waals surface area contributed by atoms with Crippen molar-refractivity contribution in [1.29, 1.82) is 0 Å². The third-order valence-corrected chi connectivity index (χ3v) is 12.6. The van der Waals surface area contributed by atoms with Gasteiger partial charge in [0.2, 0.25) is 0 Å². The molecule has 0 amide bonds. The molecule has 0 aromatic rings. The van der Waals surface area contributed by atoms with Crippen molar-refractivity contribution in [3.05, 3.63) is 0 Å². The molecular weight excluding hydrogens is 702 g/mol. The number of carbonyl (C=O) groups excluding carboxylic acids is 2. The van der Waals surface area contributed by atoms with Crippen molar-refractivity contribution in [3.63, 3.8) is 0 Å². The first-order valence-corrected chi connectivity index (χ1v) is 23.4. The number of esters is 2. The number of thiol groups is 2. The van der Waals surface area contributed by atoms with E-state index < -0.39 is 36.1 Å². The van der Waals surface area contributed by atoms with E-state index in [2.05, 4.69) is 39.1 Å². The number of hydrogen-bond acceptors (Lipinski definition) is 8. The summed E-state index contributed by atoms with van der Waals surface area (Å²) in [6, 6.07) is 0. The Morgan fingerprint density at radius 2 is 1.00 bits per heavy atom. The molecule has 0 aromatic carbocycles. The van der Waals surface area contributed by atoms with Crippen LogP contribution in [-0.2, 0) is 28.2 Å². The maximum absolute atomic E-state index is 13.2. The first-order valence-electron chi connectivity index (χ1n) is 20.6. The van der Waals surface area contributed by atoms with Gasteiger partial charge >= 0.3 is 19.5 Å². The highest BCUT2D eigenvalue weighted by molar-refractivity contribution is 7.82. The van der Waals surface area contributed by atoms with Crippen molar-refractivity contribution in [2.45, 2.75) is 186 Å². The molecule has 0 aliphatic rings. The molecule has 0 aliphatic carbocycles. The number of quaternary nitrogens is 1. The largest absolute Gasteiger partial charge is 0.461 e. The number of ether oxygens (including phenoxy) is 2. The molecule has 1 N–H and O–H groups in total. The van der Waals surface area contributed by atoms with Gasteiger partial charge in [-0.15, -0.1) is 0 Å². The second-order valence-corrected chi connectivity index (χ2v) is 19.2. The van der Waals surface area contributed by atoms with Gasteiger partial charge in [-0.05, 0) is 24.7 Å². The lowest BCUT2D eigenvalue weighted by molar-refractivity contribution is -0.867. The van der Waals surface area contributed by atoms with E-state index in [0.29, 0.717) is 11.0 Å². The van der Waals surface area contributed by atoms with E-state index in [9.17, 15) is 19.0 Å². The smallest absolute Gasteiger partial charge is 0.333 e. The van der Waals surface area contributed by atoms with Crippen LogP contribution in [0.1, 0.15) is 169 Å². The normalized spacial score (nSPS) is 16.2. The Kier molecular flexibility index (Phi) is 30.9. The van der Waals surface area contributed by atoms with Gasteiger partial charge in [-0.3, -0.25) is 14.2 Å². The zero-order valence-electron chi connectivity index (χ0n) is 34.0. The summed E-state index contributed by atoms with van der Waals surface area (Å²) in [5.41, 5.74) is 0. The molecule has 11 heteroatoms. The van der Waals surface area contributed by atoms with Crippen molar-refractivity contribution >= 4 is 44.8 Å². The van der Waals surface area contributed by atoms with Crippen molar-refractivity contribution in [2.75, 3.05) is 47.1 Å².